The Morgan fingerprint density at radius 1 is 1.31 bits per heavy atom. The third kappa shape index (κ3) is 1.79. The predicted octanol–water partition coefficient (Wildman–Crippen LogP) is 2.30. The van der Waals surface area contributed by atoms with Gasteiger partial charge >= 0.3 is 0 Å². The minimum atomic E-state index is -0.0681. The highest BCUT2D eigenvalue weighted by Gasteiger charge is 2.30. The molecule has 2 heteroatoms. The highest BCUT2D eigenvalue weighted by molar-refractivity contribution is 9.10. The lowest BCUT2D eigenvalue weighted by Crippen LogP contribution is -2.33. The first kappa shape index (κ1) is 9.22. The summed E-state index contributed by atoms with van der Waals surface area (Å²) < 4.78 is -0.0681. The van der Waals surface area contributed by atoms with E-state index in [9.17, 15) is 5.11 Å². The number of hydrogen-bond donors (Lipinski definition) is 1. The van der Waals surface area contributed by atoms with E-state index in [1.807, 2.05) is 0 Å². The molecule has 0 fully saturated rings. The van der Waals surface area contributed by atoms with E-state index in [2.05, 4.69) is 40.2 Å². The fourth-order valence-corrected chi connectivity index (χ4v) is 2.40. The molecule has 0 bridgehead atoms. The molecule has 0 aromatic heterocycles. The normalized spacial score (nSPS) is 26.9. The van der Waals surface area contributed by atoms with Crippen LogP contribution in [-0.2, 0) is 12.8 Å². The standard InChI is InChI=1S/C11H13BrO/c12-11(8-13)6-5-9-3-1-2-4-10(9)7-11/h1-4,13H,5-8H2. The number of aliphatic hydroxyl groups excluding tert-OH is 1. The quantitative estimate of drug-likeness (QED) is 0.748. The van der Waals surface area contributed by atoms with E-state index >= 15 is 0 Å². The molecule has 1 aromatic carbocycles. The molecular weight excluding hydrogens is 228 g/mol. The Morgan fingerprint density at radius 2 is 2.00 bits per heavy atom. The summed E-state index contributed by atoms with van der Waals surface area (Å²) in [5, 5.41) is 9.23. The summed E-state index contributed by atoms with van der Waals surface area (Å²) >= 11 is 3.61. The third-order valence-electron chi connectivity index (χ3n) is 2.75. The molecule has 0 saturated heterocycles. The van der Waals surface area contributed by atoms with Crippen LogP contribution in [0, 0.1) is 0 Å². The van der Waals surface area contributed by atoms with Crippen molar-refractivity contribution in [3.8, 4) is 0 Å². The fraction of sp³-hybridized carbons (Fsp3) is 0.455. The minimum Gasteiger partial charge on any atom is -0.395 e. The second-order valence-electron chi connectivity index (χ2n) is 3.75. The number of fused-ring (bicyclic) bond motifs is 1. The van der Waals surface area contributed by atoms with Crippen molar-refractivity contribution in [2.75, 3.05) is 6.61 Å². The van der Waals surface area contributed by atoms with Crippen molar-refractivity contribution in [2.24, 2.45) is 0 Å². The number of aryl methyl sites for hydroxylation is 1. The SMILES string of the molecule is OCC1(Br)CCc2ccccc2C1. The Hall–Kier alpha value is -0.340. The molecule has 1 aliphatic rings. The Bertz CT molecular complexity index is 311. The van der Waals surface area contributed by atoms with Gasteiger partial charge in [0, 0.05) is 0 Å². The van der Waals surface area contributed by atoms with Crippen LogP contribution in [0.1, 0.15) is 17.5 Å². The topological polar surface area (TPSA) is 20.2 Å². The maximum absolute atomic E-state index is 9.23. The van der Waals surface area contributed by atoms with Gasteiger partial charge in [-0.1, -0.05) is 40.2 Å². The van der Waals surface area contributed by atoms with E-state index in [1.165, 1.54) is 11.1 Å². The average Bonchev–Trinajstić information content (AvgIpc) is 2.18. The zero-order valence-electron chi connectivity index (χ0n) is 7.46. The van der Waals surface area contributed by atoms with Crippen molar-refractivity contribution in [3.05, 3.63) is 35.4 Å². The van der Waals surface area contributed by atoms with Crippen molar-refractivity contribution in [1.82, 2.24) is 0 Å². The van der Waals surface area contributed by atoms with Gasteiger partial charge in [0.25, 0.3) is 0 Å². The summed E-state index contributed by atoms with van der Waals surface area (Å²) in [4.78, 5) is 0. The van der Waals surface area contributed by atoms with Crippen LogP contribution in [0.5, 0.6) is 0 Å². The number of rotatable bonds is 1. The number of hydrogen-bond acceptors (Lipinski definition) is 1. The second-order valence-corrected chi connectivity index (χ2v) is 5.44. The maximum Gasteiger partial charge on any atom is 0.0588 e. The van der Waals surface area contributed by atoms with E-state index in [4.69, 9.17) is 0 Å². The van der Waals surface area contributed by atoms with Crippen molar-refractivity contribution in [1.29, 1.82) is 0 Å². The number of benzene rings is 1. The Morgan fingerprint density at radius 3 is 2.69 bits per heavy atom. The van der Waals surface area contributed by atoms with Gasteiger partial charge in [0.1, 0.15) is 0 Å². The predicted molar refractivity (Wildman–Crippen MR) is 57.2 cm³/mol. The van der Waals surface area contributed by atoms with Gasteiger partial charge < -0.3 is 5.11 Å². The molecule has 1 atom stereocenters. The number of halogens is 1. The molecule has 0 saturated carbocycles. The van der Waals surface area contributed by atoms with Crippen LogP contribution in [0.2, 0.25) is 0 Å². The van der Waals surface area contributed by atoms with Crippen LogP contribution >= 0.6 is 15.9 Å². The summed E-state index contributed by atoms with van der Waals surface area (Å²) in [7, 11) is 0. The molecule has 1 unspecified atom stereocenters. The first-order chi connectivity index (χ1) is 6.23. The Kier molecular flexibility index (Phi) is 2.43. The fourth-order valence-electron chi connectivity index (χ4n) is 1.90. The minimum absolute atomic E-state index is 0.0681. The zero-order valence-corrected chi connectivity index (χ0v) is 9.05. The lowest BCUT2D eigenvalue weighted by atomic mass is 9.84. The van der Waals surface area contributed by atoms with Crippen molar-refractivity contribution in [2.45, 2.75) is 23.6 Å². The Balaban J connectivity index is 2.29. The van der Waals surface area contributed by atoms with Gasteiger partial charge in [-0.15, -0.1) is 0 Å². The maximum atomic E-state index is 9.23. The molecule has 70 valence electrons. The molecule has 2 rings (SSSR count). The van der Waals surface area contributed by atoms with Gasteiger partial charge in [-0.2, -0.15) is 0 Å². The van der Waals surface area contributed by atoms with Crippen LogP contribution in [0.25, 0.3) is 0 Å². The molecule has 13 heavy (non-hydrogen) atoms. The summed E-state index contributed by atoms with van der Waals surface area (Å²) in [5.41, 5.74) is 2.81. The second kappa shape index (κ2) is 3.43. The summed E-state index contributed by atoms with van der Waals surface area (Å²) in [6.07, 6.45) is 3.04. The van der Waals surface area contributed by atoms with Gasteiger partial charge in [0.15, 0.2) is 0 Å². The van der Waals surface area contributed by atoms with E-state index < -0.39 is 0 Å². The first-order valence-corrected chi connectivity index (χ1v) is 5.39. The third-order valence-corrected chi connectivity index (χ3v) is 3.68. The molecule has 0 heterocycles. The lowest BCUT2D eigenvalue weighted by Gasteiger charge is -2.31. The van der Waals surface area contributed by atoms with Crippen LogP contribution in [0.4, 0.5) is 0 Å². The lowest BCUT2D eigenvalue weighted by molar-refractivity contribution is 0.239. The average molecular weight is 241 g/mol. The summed E-state index contributed by atoms with van der Waals surface area (Å²) in [6, 6.07) is 8.48. The van der Waals surface area contributed by atoms with Gasteiger partial charge in [-0.25, -0.2) is 0 Å². The molecule has 0 spiro atoms. The number of alkyl halides is 1. The van der Waals surface area contributed by atoms with Gasteiger partial charge in [0.2, 0.25) is 0 Å². The first-order valence-electron chi connectivity index (χ1n) is 4.60. The molecule has 1 nitrogen and oxygen atoms in total. The van der Waals surface area contributed by atoms with Crippen molar-refractivity contribution < 1.29 is 5.11 Å². The van der Waals surface area contributed by atoms with Crippen LogP contribution in [0.15, 0.2) is 24.3 Å². The molecular formula is C11H13BrO. The van der Waals surface area contributed by atoms with Crippen LogP contribution in [-0.4, -0.2) is 16.0 Å². The molecule has 1 aliphatic carbocycles. The van der Waals surface area contributed by atoms with Crippen molar-refractivity contribution in [3.63, 3.8) is 0 Å². The van der Waals surface area contributed by atoms with Crippen molar-refractivity contribution >= 4 is 15.9 Å². The van der Waals surface area contributed by atoms with E-state index in [-0.39, 0.29) is 10.9 Å². The Labute approximate surface area is 86.9 Å². The monoisotopic (exact) mass is 240 g/mol. The molecule has 0 amide bonds. The summed E-state index contributed by atoms with van der Waals surface area (Å²) in [5.74, 6) is 0. The highest BCUT2D eigenvalue weighted by atomic mass is 79.9. The number of aliphatic hydroxyl groups is 1. The molecule has 1 aromatic rings. The van der Waals surface area contributed by atoms with Gasteiger partial charge in [0.05, 0.1) is 10.9 Å². The van der Waals surface area contributed by atoms with E-state index in [0.717, 1.165) is 19.3 Å². The van der Waals surface area contributed by atoms with E-state index in [1.54, 1.807) is 0 Å². The molecule has 0 aliphatic heterocycles. The van der Waals surface area contributed by atoms with Crippen LogP contribution in [0.3, 0.4) is 0 Å². The zero-order chi connectivity index (χ0) is 9.31. The highest BCUT2D eigenvalue weighted by Crippen LogP contribution is 2.34. The molecule has 1 N–H and O–H groups in total. The summed E-state index contributed by atoms with van der Waals surface area (Å²) in [6.45, 7) is 0.224. The van der Waals surface area contributed by atoms with Gasteiger partial charge in [-0.05, 0) is 30.4 Å². The van der Waals surface area contributed by atoms with E-state index in [0.29, 0.717) is 0 Å². The largest absolute Gasteiger partial charge is 0.395 e. The molecule has 0 radical (unpaired) electrons. The van der Waals surface area contributed by atoms with Gasteiger partial charge in [-0.3, -0.25) is 0 Å². The van der Waals surface area contributed by atoms with Crippen LogP contribution < -0.4 is 0 Å². The smallest absolute Gasteiger partial charge is 0.0588 e.